The van der Waals surface area contributed by atoms with Crippen molar-refractivity contribution in [2.24, 2.45) is 5.92 Å². The summed E-state index contributed by atoms with van der Waals surface area (Å²) in [5.74, 6) is -1.28. The van der Waals surface area contributed by atoms with Gasteiger partial charge in [-0.3, -0.25) is 9.89 Å². The fraction of sp³-hybridized carbons (Fsp3) is 0.300. The average molecular weight is 373 g/mol. The first kappa shape index (κ1) is 19.0. The zero-order chi connectivity index (χ0) is 19.6. The predicted octanol–water partition coefficient (Wildman–Crippen LogP) is 3.64. The molecule has 142 valence electrons. The van der Waals surface area contributed by atoms with Crippen LogP contribution in [-0.2, 0) is 0 Å². The van der Waals surface area contributed by atoms with Crippen LogP contribution < -0.4 is 5.32 Å². The van der Waals surface area contributed by atoms with Gasteiger partial charge in [0.15, 0.2) is 5.82 Å². The molecule has 0 saturated heterocycles. The maximum absolute atomic E-state index is 14.5. The summed E-state index contributed by atoms with van der Waals surface area (Å²) in [4.78, 5) is 12.5. The number of rotatable bonds is 6. The number of fused-ring (bicyclic) bond motifs is 1. The second kappa shape index (κ2) is 7.84. The highest BCUT2D eigenvalue weighted by Gasteiger charge is 2.19. The maximum atomic E-state index is 14.5. The molecule has 1 atom stereocenters. The van der Waals surface area contributed by atoms with E-state index in [4.69, 9.17) is 0 Å². The second-order valence-electron chi connectivity index (χ2n) is 6.95. The van der Waals surface area contributed by atoms with Gasteiger partial charge in [-0.25, -0.2) is 8.78 Å². The number of aromatic nitrogens is 2. The largest absolute Gasteiger partial charge is 0.394 e. The molecule has 1 aromatic heterocycles. The van der Waals surface area contributed by atoms with Crippen molar-refractivity contribution in [2.75, 3.05) is 6.61 Å². The molecule has 3 aromatic rings. The van der Waals surface area contributed by atoms with E-state index in [-0.39, 0.29) is 23.6 Å². The van der Waals surface area contributed by atoms with Crippen LogP contribution in [0.15, 0.2) is 36.4 Å². The molecule has 0 fully saturated rings. The molecule has 0 spiro atoms. The van der Waals surface area contributed by atoms with Crippen molar-refractivity contribution in [1.29, 1.82) is 0 Å². The maximum Gasteiger partial charge on any atom is 0.251 e. The quantitative estimate of drug-likeness (QED) is 0.617. The normalized spacial score (nSPS) is 12.5. The van der Waals surface area contributed by atoms with Gasteiger partial charge in [-0.2, -0.15) is 5.10 Å². The van der Waals surface area contributed by atoms with Gasteiger partial charge in [0.25, 0.3) is 5.91 Å². The van der Waals surface area contributed by atoms with E-state index in [2.05, 4.69) is 15.5 Å². The number of H-pyrrole nitrogens is 1. The van der Waals surface area contributed by atoms with E-state index in [0.29, 0.717) is 23.1 Å². The highest BCUT2D eigenvalue weighted by atomic mass is 19.1. The number of carbonyl (C=O) groups is 1. The molecule has 0 bridgehead atoms. The van der Waals surface area contributed by atoms with Crippen molar-refractivity contribution >= 4 is 16.8 Å². The molecule has 3 N–H and O–H groups in total. The summed E-state index contributed by atoms with van der Waals surface area (Å²) in [5.41, 5.74) is 1.12. The zero-order valence-electron chi connectivity index (χ0n) is 15.1. The van der Waals surface area contributed by atoms with Gasteiger partial charge in [-0.05, 0) is 36.6 Å². The second-order valence-corrected chi connectivity index (χ2v) is 6.95. The summed E-state index contributed by atoms with van der Waals surface area (Å²) < 4.78 is 28.0. The van der Waals surface area contributed by atoms with Gasteiger partial charge in [0, 0.05) is 16.5 Å². The Morgan fingerprint density at radius 1 is 1.26 bits per heavy atom. The standard InChI is InChI=1S/C20H21F2N3O2/c1-11(2)6-15(10-26)23-20(27)13-8-16-18(12-4-3-5-14(21)7-12)24-25-19(16)17(22)9-13/h3-5,7-9,11,15,26H,6,10H2,1-2H3,(H,23,27)(H,24,25)/t15-/m0/s1. The summed E-state index contributed by atoms with van der Waals surface area (Å²) in [6.45, 7) is 3.77. The molecule has 0 unspecified atom stereocenters. The molecule has 27 heavy (non-hydrogen) atoms. The molecule has 3 rings (SSSR count). The van der Waals surface area contributed by atoms with Crippen molar-refractivity contribution in [3.8, 4) is 11.3 Å². The number of nitrogens with one attached hydrogen (secondary N) is 2. The fourth-order valence-electron chi connectivity index (χ4n) is 3.09. The third-order valence-corrected chi connectivity index (χ3v) is 4.30. The van der Waals surface area contributed by atoms with Gasteiger partial charge >= 0.3 is 0 Å². The number of hydrogen-bond acceptors (Lipinski definition) is 3. The summed E-state index contributed by atoms with van der Waals surface area (Å²) in [6, 6.07) is 8.04. The van der Waals surface area contributed by atoms with Crippen molar-refractivity contribution < 1.29 is 18.7 Å². The number of amides is 1. The van der Waals surface area contributed by atoms with Gasteiger partial charge in [0.1, 0.15) is 11.3 Å². The van der Waals surface area contributed by atoms with Gasteiger partial charge in [0.2, 0.25) is 0 Å². The van der Waals surface area contributed by atoms with E-state index in [1.165, 1.54) is 18.2 Å². The molecule has 0 radical (unpaired) electrons. The number of aliphatic hydroxyl groups is 1. The summed E-state index contributed by atoms with van der Waals surface area (Å²) >= 11 is 0. The number of benzene rings is 2. The lowest BCUT2D eigenvalue weighted by molar-refractivity contribution is 0.0908. The van der Waals surface area contributed by atoms with Crippen LogP contribution >= 0.6 is 0 Å². The summed E-state index contributed by atoms with van der Waals surface area (Å²) in [5, 5.41) is 19.2. The lowest BCUT2D eigenvalue weighted by Crippen LogP contribution is -2.38. The molecule has 7 heteroatoms. The Hall–Kier alpha value is -2.80. The lowest BCUT2D eigenvalue weighted by Gasteiger charge is -2.18. The third-order valence-electron chi connectivity index (χ3n) is 4.30. The molecule has 0 aliphatic rings. The number of aromatic amines is 1. The number of hydrogen-bond donors (Lipinski definition) is 3. The molecule has 0 aliphatic heterocycles. The Labute approximate surface area is 155 Å². The van der Waals surface area contributed by atoms with Crippen molar-refractivity contribution in [2.45, 2.75) is 26.3 Å². The first-order valence-corrected chi connectivity index (χ1v) is 8.74. The molecular weight excluding hydrogens is 352 g/mol. The van der Waals surface area contributed by atoms with Crippen LogP contribution in [0.1, 0.15) is 30.6 Å². The first-order valence-electron chi connectivity index (χ1n) is 8.74. The zero-order valence-corrected chi connectivity index (χ0v) is 15.1. The van der Waals surface area contributed by atoms with Crippen LogP contribution in [0.25, 0.3) is 22.2 Å². The van der Waals surface area contributed by atoms with Crippen LogP contribution in [0.4, 0.5) is 8.78 Å². The SMILES string of the molecule is CC(C)C[C@@H](CO)NC(=O)c1cc(F)c2n[nH]c(-c3cccc(F)c3)c2c1. The Balaban J connectivity index is 1.98. The lowest BCUT2D eigenvalue weighted by atomic mass is 10.0. The van der Waals surface area contributed by atoms with E-state index in [1.54, 1.807) is 12.1 Å². The summed E-state index contributed by atoms with van der Waals surface area (Å²) in [6.07, 6.45) is 0.604. The number of carbonyl (C=O) groups excluding carboxylic acids is 1. The highest BCUT2D eigenvalue weighted by molar-refractivity contribution is 6.01. The van der Waals surface area contributed by atoms with E-state index >= 15 is 0 Å². The molecular formula is C20H21F2N3O2. The monoisotopic (exact) mass is 373 g/mol. The van der Waals surface area contributed by atoms with Crippen molar-refractivity contribution in [3.63, 3.8) is 0 Å². The van der Waals surface area contributed by atoms with Crippen LogP contribution in [0, 0.1) is 17.6 Å². The van der Waals surface area contributed by atoms with Crippen LogP contribution in [0.2, 0.25) is 0 Å². The molecule has 2 aromatic carbocycles. The number of nitrogens with zero attached hydrogens (tertiary/aromatic N) is 1. The Morgan fingerprint density at radius 2 is 2.04 bits per heavy atom. The van der Waals surface area contributed by atoms with Crippen LogP contribution in [-0.4, -0.2) is 33.9 Å². The minimum atomic E-state index is -0.652. The van der Waals surface area contributed by atoms with E-state index < -0.39 is 23.6 Å². The first-order chi connectivity index (χ1) is 12.9. The van der Waals surface area contributed by atoms with Gasteiger partial charge in [-0.1, -0.05) is 26.0 Å². The average Bonchev–Trinajstić information content (AvgIpc) is 3.05. The number of halogens is 2. The van der Waals surface area contributed by atoms with Crippen molar-refractivity contribution in [3.05, 3.63) is 53.6 Å². The van der Waals surface area contributed by atoms with E-state index in [0.717, 1.165) is 6.07 Å². The van der Waals surface area contributed by atoms with Gasteiger partial charge < -0.3 is 10.4 Å². The smallest absolute Gasteiger partial charge is 0.251 e. The molecule has 5 nitrogen and oxygen atoms in total. The van der Waals surface area contributed by atoms with Crippen molar-refractivity contribution in [1.82, 2.24) is 15.5 Å². The highest BCUT2D eigenvalue weighted by Crippen LogP contribution is 2.29. The van der Waals surface area contributed by atoms with Crippen LogP contribution in [0.5, 0.6) is 0 Å². The Bertz CT molecular complexity index is 969. The van der Waals surface area contributed by atoms with Gasteiger partial charge in [0.05, 0.1) is 18.3 Å². The Morgan fingerprint density at radius 3 is 2.70 bits per heavy atom. The topological polar surface area (TPSA) is 78.0 Å². The van der Waals surface area contributed by atoms with Crippen LogP contribution in [0.3, 0.4) is 0 Å². The minimum Gasteiger partial charge on any atom is -0.394 e. The predicted molar refractivity (Wildman–Crippen MR) is 99.2 cm³/mol. The van der Waals surface area contributed by atoms with Gasteiger partial charge in [-0.15, -0.1) is 0 Å². The molecule has 1 amide bonds. The molecule has 1 heterocycles. The third kappa shape index (κ3) is 4.14. The molecule has 0 aliphatic carbocycles. The van der Waals surface area contributed by atoms with E-state index in [1.807, 2.05) is 13.8 Å². The number of aliphatic hydroxyl groups excluding tert-OH is 1. The minimum absolute atomic E-state index is 0.0756. The van der Waals surface area contributed by atoms with E-state index in [9.17, 15) is 18.7 Å². The summed E-state index contributed by atoms with van der Waals surface area (Å²) in [7, 11) is 0. The molecule has 0 saturated carbocycles. The Kier molecular flexibility index (Phi) is 5.51. The fourth-order valence-corrected chi connectivity index (χ4v) is 3.09.